The van der Waals surface area contributed by atoms with Crippen molar-refractivity contribution >= 4 is 11.8 Å². The predicted molar refractivity (Wildman–Crippen MR) is 78.3 cm³/mol. The molecule has 2 rings (SSSR count). The van der Waals surface area contributed by atoms with Crippen molar-refractivity contribution in [3.05, 3.63) is 34.8 Å². The van der Waals surface area contributed by atoms with E-state index in [1.54, 1.807) is 11.1 Å². The van der Waals surface area contributed by atoms with Gasteiger partial charge in [-0.25, -0.2) is 0 Å². The van der Waals surface area contributed by atoms with Crippen LogP contribution in [-0.4, -0.2) is 30.3 Å². The van der Waals surface area contributed by atoms with E-state index in [0.29, 0.717) is 5.25 Å². The van der Waals surface area contributed by atoms with Crippen molar-refractivity contribution in [1.29, 1.82) is 0 Å². The van der Waals surface area contributed by atoms with Crippen molar-refractivity contribution in [1.82, 2.24) is 4.90 Å². The first kappa shape index (κ1) is 13.0. The zero-order chi connectivity index (χ0) is 12.1. The van der Waals surface area contributed by atoms with Gasteiger partial charge in [0.25, 0.3) is 0 Å². The summed E-state index contributed by atoms with van der Waals surface area (Å²) in [5.41, 5.74) is 3.16. The lowest BCUT2D eigenvalue weighted by Gasteiger charge is -2.19. The second kappa shape index (κ2) is 6.46. The summed E-state index contributed by atoms with van der Waals surface area (Å²) < 4.78 is 0. The average Bonchev–Trinajstić information content (AvgIpc) is 2.57. The monoisotopic (exact) mass is 249 g/mol. The van der Waals surface area contributed by atoms with Gasteiger partial charge in [0.15, 0.2) is 0 Å². The zero-order valence-corrected chi connectivity index (χ0v) is 11.8. The van der Waals surface area contributed by atoms with Gasteiger partial charge in [0.05, 0.1) is 0 Å². The first-order valence-corrected chi connectivity index (χ1v) is 7.64. The van der Waals surface area contributed by atoms with Gasteiger partial charge in [-0.15, -0.1) is 11.8 Å². The largest absolute Gasteiger partial charge is 0.302 e. The van der Waals surface area contributed by atoms with Gasteiger partial charge in [-0.05, 0) is 49.4 Å². The van der Waals surface area contributed by atoms with Crippen LogP contribution in [0.5, 0.6) is 0 Å². The Morgan fingerprint density at radius 2 is 2.29 bits per heavy atom. The maximum Gasteiger partial charge on any atom is 0.0373 e. The molecule has 0 saturated carbocycles. The molecule has 0 aromatic heterocycles. The fourth-order valence-corrected chi connectivity index (χ4v) is 3.55. The Hall–Kier alpha value is -0.470. The van der Waals surface area contributed by atoms with Crippen LogP contribution < -0.4 is 0 Å². The highest BCUT2D eigenvalue weighted by molar-refractivity contribution is 8.03. The molecule has 0 aromatic rings. The Balaban J connectivity index is 1.91. The lowest BCUT2D eigenvalue weighted by atomic mass is 10.0. The molecule has 0 N–H and O–H groups in total. The van der Waals surface area contributed by atoms with Gasteiger partial charge < -0.3 is 4.90 Å². The summed E-state index contributed by atoms with van der Waals surface area (Å²) in [6.07, 6.45) is 12.0. The molecular formula is C15H23NS. The molecule has 0 amide bonds. The second-order valence-corrected chi connectivity index (χ2v) is 6.04. The molecule has 1 unspecified atom stereocenters. The first-order valence-electron chi connectivity index (χ1n) is 6.69. The average molecular weight is 249 g/mol. The van der Waals surface area contributed by atoms with Crippen LogP contribution in [0.15, 0.2) is 34.8 Å². The van der Waals surface area contributed by atoms with Crippen LogP contribution in [0.1, 0.15) is 32.6 Å². The van der Waals surface area contributed by atoms with Gasteiger partial charge in [0.2, 0.25) is 0 Å². The summed E-state index contributed by atoms with van der Waals surface area (Å²) in [5, 5.41) is 3.08. The van der Waals surface area contributed by atoms with Crippen LogP contribution in [0.3, 0.4) is 0 Å². The number of hydrogen-bond donors (Lipinski definition) is 0. The van der Waals surface area contributed by atoms with Gasteiger partial charge in [-0.2, -0.15) is 0 Å². The Morgan fingerprint density at radius 3 is 3.12 bits per heavy atom. The maximum absolute atomic E-state index is 2.46. The summed E-state index contributed by atoms with van der Waals surface area (Å²) in [6, 6.07) is 0. The third-order valence-electron chi connectivity index (χ3n) is 3.42. The SMILES string of the molecule is CCCCN(C)CC1=CSC2CC=CCC=C12. The minimum Gasteiger partial charge on any atom is -0.302 e. The third-order valence-corrected chi connectivity index (χ3v) is 4.61. The van der Waals surface area contributed by atoms with Crippen molar-refractivity contribution < 1.29 is 0 Å². The standard InChI is InChI=1S/C15H23NS/c1-3-4-10-16(2)11-13-12-17-15-9-7-5-6-8-14(13)15/h5,7-8,12,15H,3-4,6,9-11H2,1-2H3. The van der Waals surface area contributed by atoms with Gasteiger partial charge in [0, 0.05) is 11.8 Å². The van der Waals surface area contributed by atoms with Crippen LogP contribution in [0, 0.1) is 0 Å². The van der Waals surface area contributed by atoms with Crippen LogP contribution >= 0.6 is 11.8 Å². The van der Waals surface area contributed by atoms with Crippen LogP contribution in [0.25, 0.3) is 0 Å². The van der Waals surface area contributed by atoms with Gasteiger partial charge in [0.1, 0.15) is 0 Å². The number of allylic oxidation sites excluding steroid dienone is 3. The highest BCUT2D eigenvalue weighted by Gasteiger charge is 2.24. The van der Waals surface area contributed by atoms with Crippen molar-refractivity contribution in [3.63, 3.8) is 0 Å². The normalized spacial score (nSPS) is 23.4. The molecule has 0 saturated heterocycles. The molecule has 1 atom stereocenters. The Morgan fingerprint density at radius 1 is 1.41 bits per heavy atom. The van der Waals surface area contributed by atoms with E-state index in [-0.39, 0.29) is 0 Å². The predicted octanol–water partition coefficient (Wildman–Crippen LogP) is 3.99. The minimum atomic E-state index is 0.698. The van der Waals surface area contributed by atoms with E-state index in [2.05, 4.69) is 42.5 Å². The number of unbranched alkanes of at least 4 members (excludes halogenated alkanes) is 1. The molecule has 94 valence electrons. The summed E-state index contributed by atoms with van der Waals surface area (Å²) in [6.45, 7) is 4.60. The van der Waals surface area contributed by atoms with E-state index in [1.807, 2.05) is 11.8 Å². The van der Waals surface area contributed by atoms with E-state index >= 15 is 0 Å². The summed E-state index contributed by atoms with van der Waals surface area (Å²) in [5.74, 6) is 0. The molecule has 0 bridgehead atoms. The fraction of sp³-hybridized carbons (Fsp3) is 0.600. The van der Waals surface area contributed by atoms with Gasteiger partial charge in [-0.1, -0.05) is 31.6 Å². The molecule has 0 radical (unpaired) electrons. The maximum atomic E-state index is 2.46. The molecule has 1 aliphatic heterocycles. The highest BCUT2D eigenvalue weighted by Crippen LogP contribution is 2.39. The van der Waals surface area contributed by atoms with Crippen LogP contribution in [0.2, 0.25) is 0 Å². The van der Waals surface area contributed by atoms with Crippen LogP contribution in [0.4, 0.5) is 0 Å². The number of rotatable bonds is 5. The molecule has 2 heteroatoms. The van der Waals surface area contributed by atoms with Crippen molar-refractivity contribution in [3.8, 4) is 0 Å². The molecule has 1 heterocycles. The number of likely N-dealkylation sites (N-methyl/N-ethyl adjacent to an activating group) is 1. The van der Waals surface area contributed by atoms with E-state index < -0.39 is 0 Å². The van der Waals surface area contributed by atoms with Gasteiger partial charge >= 0.3 is 0 Å². The second-order valence-electron chi connectivity index (χ2n) is 4.96. The topological polar surface area (TPSA) is 3.24 Å². The molecule has 0 spiro atoms. The smallest absolute Gasteiger partial charge is 0.0373 e. The highest BCUT2D eigenvalue weighted by atomic mass is 32.2. The summed E-state index contributed by atoms with van der Waals surface area (Å²) in [4.78, 5) is 2.46. The van der Waals surface area contributed by atoms with Crippen molar-refractivity contribution in [2.75, 3.05) is 20.1 Å². The molecule has 2 aliphatic rings. The summed E-state index contributed by atoms with van der Waals surface area (Å²) in [7, 11) is 2.24. The Kier molecular flexibility index (Phi) is 4.93. The van der Waals surface area contributed by atoms with Crippen LogP contribution in [-0.2, 0) is 0 Å². The number of nitrogens with zero attached hydrogens (tertiary/aromatic N) is 1. The Labute approximate surface area is 110 Å². The fourth-order valence-electron chi connectivity index (χ4n) is 2.39. The minimum absolute atomic E-state index is 0.698. The van der Waals surface area contributed by atoms with Crippen molar-refractivity contribution in [2.45, 2.75) is 37.9 Å². The quantitative estimate of drug-likeness (QED) is 0.678. The lowest BCUT2D eigenvalue weighted by molar-refractivity contribution is 0.356. The van der Waals surface area contributed by atoms with Crippen molar-refractivity contribution in [2.24, 2.45) is 0 Å². The zero-order valence-electron chi connectivity index (χ0n) is 11.0. The van der Waals surface area contributed by atoms with E-state index in [4.69, 9.17) is 0 Å². The number of hydrogen-bond acceptors (Lipinski definition) is 2. The molecule has 0 fully saturated rings. The third kappa shape index (κ3) is 3.49. The molecule has 1 aliphatic carbocycles. The van der Waals surface area contributed by atoms with E-state index in [0.717, 1.165) is 13.0 Å². The van der Waals surface area contributed by atoms with E-state index in [9.17, 15) is 0 Å². The lowest BCUT2D eigenvalue weighted by Crippen LogP contribution is -2.23. The van der Waals surface area contributed by atoms with Gasteiger partial charge in [-0.3, -0.25) is 0 Å². The summed E-state index contributed by atoms with van der Waals surface area (Å²) >= 11 is 2.01. The molecular weight excluding hydrogens is 226 g/mol. The molecule has 0 aromatic carbocycles. The van der Waals surface area contributed by atoms with E-state index in [1.165, 1.54) is 25.8 Å². The number of thioether (sulfide) groups is 1. The molecule has 1 nitrogen and oxygen atoms in total. The molecule has 17 heavy (non-hydrogen) atoms. The first-order chi connectivity index (χ1) is 8.31. The Bertz CT molecular complexity index is 341. The number of fused-ring (bicyclic) bond motifs is 1.